The van der Waals surface area contributed by atoms with E-state index in [2.05, 4.69) is 11.6 Å². The molecule has 1 saturated heterocycles. The lowest BCUT2D eigenvalue weighted by Crippen LogP contribution is -2.52. The first-order valence-electron chi connectivity index (χ1n) is 11.5. The van der Waals surface area contributed by atoms with Crippen molar-refractivity contribution in [2.75, 3.05) is 19.6 Å². The van der Waals surface area contributed by atoms with Gasteiger partial charge in [0.2, 0.25) is 15.9 Å². The number of aromatic nitrogens is 1. The van der Waals surface area contributed by atoms with Gasteiger partial charge in [0.05, 0.1) is 24.3 Å². The minimum atomic E-state index is -3.88. The van der Waals surface area contributed by atoms with Crippen LogP contribution in [0, 0.1) is 0 Å². The number of carbonyl (C=O) groups is 2. The first kappa shape index (κ1) is 26.5. The summed E-state index contributed by atoms with van der Waals surface area (Å²) >= 11 is 8.75. The first-order chi connectivity index (χ1) is 18.2. The van der Waals surface area contributed by atoms with Crippen LogP contribution < -0.4 is 0 Å². The standard InChI is InChI=1S/C26H22ClN3O5S3/c1-2-23(22-11-16-7-8-17(27)12-21(16)37-22)38(34,35)30-10-9-29(25(31)14-30)13-24-28-20(15-36-24)18-5-3-4-6-19(18)26(32)33/h2-8,11-12,15,23H,1,9-10,13-14H2,(H,32,33). The molecule has 0 radical (unpaired) electrons. The van der Waals surface area contributed by atoms with E-state index in [0.29, 0.717) is 26.2 Å². The van der Waals surface area contributed by atoms with Crippen molar-refractivity contribution in [3.05, 3.63) is 87.0 Å². The van der Waals surface area contributed by atoms with Gasteiger partial charge in [0.25, 0.3) is 0 Å². The van der Waals surface area contributed by atoms with Gasteiger partial charge >= 0.3 is 5.97 Å². The van der Waals surface area contributed by atoms with Crippen LogP contribution in [0.2, 0.25) is 5.02 Å². The fourth-order valence-electron chi connectivity index (χ4n) is 4.35. The van der Waals surface area contributed by atoms with Crippen LogP contribution in [0.5, 0.6) is 0 Å². The van der Waals surface area contributed by atoms with E-state index in [4.69, 9.17) is 11.6 Å². The Balaban J connectivity index is 1.29. The maximum Gasteiger partial charge on any atom is 0.336 e. The molecular formula is C26H22ClN3O5S3. The summed E-state index contributed by atoms with van der Waals surface area (Å²) in [6.45, 7) is 4.06. The zero-order valence-corrected chi connectivity index (χ0v) is 23.1. The average Bonchev–Trinajstić information content (AvgIpc) is 3.52. The zero-order valence-electron chi connectivity index (χ0n) is 19.9. The van der Waals surface area contributed by atoms with Gasteiger partial charge in [0.1, 0.15) is 10.3 Å². The van der Waals surface area contributed by atoms with Crippen molar-refractivity contribution >= 4 is 66.3 Å². The Hall–Kier alpha value is -3.09. The molecule has 0 bridgehead atoms. The fourth-order valence-corrected chi connectivity index (χ4v) is 8.54. The number of carboxylic acids is 1. The number of amides is 1. The summed E-state index contributed by atoms with van der Waals surface area (Å²) in [4.78, 5) is 31.3. The Morgan fingerprint density at radius 1 is 1.21 bits per heavy atom. The second kappa shape index (κ2) is 10.6. The Kier molecular flexibility index (Phi) is 7.38. The average molecular weight is 588 g/mol. The number of hydrogen-bond donors (Lipinski definition) is 1. The highest BCUT2D eigenvalue weighted by Gasteiger charge is 2.37. The SMILES string of the molecule is C=CC(c1cc2ccc(Cl)cc2s1)S(=O)(=O)N1CCN(Cc2nc(-c3ccccc3C(=O)O)cs2)C(=O)C1. The van der Waals surface area contributed by atoms with E-state index in [1.54, 1.807) is 40.6 Å². The molecule has 8 nitrogen and oxygen atoms in total. The number of carboxylic acid groups (broad SMARTS) is 1. The first-order valence-corrected chi connectivity index (χ1v) is 15.1. The van der Waals surface area contributed by atoms with Gasteiger partial charge in [-0.2, -0.15) is 4.31 Å². The normalized spacial score (nSPS) is 15.6. The third-order valence-corrected chi connectivity index (χ3v) is 10.8. The van der Waals surface area contributed by atoms with Crippen molar-refractivity contribution in [2.24, 2.45) is 0 Å². The number of carbonyl (C=O) groups excluding carboxylic acids is 1. The quantitative estimate of drug-likeness (QED) is 0.281. The maximum atomic E-state index is 13.5. The molecule has 0 aliphatic carbocycles. The number of rotatable bonds is 8. The summed E-state index contributed by atoms with van der Waals surface area (Å²) in [5.41, 5.74) is 1.18. The summed E-state index contributed by atoms with van der Waals surface area (Å²) < 4.78 is 29.1. The molecule has 38 heavy (non-hydrogen) atoms. The van der Waals surface area contributed by atoms with Crippen LogP contribution in [0.1, 0.15) is 25.5 Å². The highest BCUT2D eigenvalue weighted by molar-refractivity contribution is 7.89. The highest BCUT2D eigenvalue weighted by Crippen LogP contribution is 2.37. The minimum Gasteiger partial charge on any atom is -0.478 e. The second-order valence-corrected chi connectivity index (χ2v) is 13.2. The molecule has 0 saturated carbocycles. The van der Waals surface area contributed by atoms with Crippen LogP contribution >= 0.6 is 34.3 Å². The van der Waals surface area contributed by atoms with E-state index in [1.807, 2.05) is 12.1 Å². The number of thiazole rings is 1. The van der Waals surface area contributed by atoms with E-state index >= 15 is 0 Å². The fraction of sp³-hybridized carbons (Fsp3) is 0.192. The maximum absolute atomic E-state index is 13.5. The van der Waals surface area contributed by atoms with Gasteiger partial charge < -0.3 is 10.0 Å². The van der Waals surface area contributed by atoms with Crippen molar-refractivity contribution in [1.29, 1.82) is 0 Å². The Morgan fingerprint density at radius 3 is 2.74 bits per heavy atom. The minimum absolute atomic E-state index is 0.148. The smallest absolute Gasteiger partial charge is 0.336 e. The summed E-state index contributed by atoms with van der Waals surface area (Å²) in [5, 5.41) is 12.3. The number of nitrogens with zero attached hydrogens (tertiary/aromatic N) is 3. The molecule has 0 spiro atoms. The molecule has 4 aromatic rings. The van der Waals surface area contributed by atoms with Crippen molar-refractivity contribution in [3.63, 3.8) is 0 Å². The molecule has 1 N–H and O–H groups in total. The molecule has 1 unspecified atom stereocenters. The zero-order chi connectivity index (χ0) is 27.0. The topological polar surface area (TPSA) is 108 Å². The van der Waals surface area contributed by atoms with Crippen LogP contribution in [0.25, 0.3) is 21.3 Å². The van der Waals surface area contributed by atoms with E-state index < -0.39 is 21.2 Å². The van der Waals surface area contributed by atoms with Crippen molar-refractivity contribution in [3.8, 4) is 11.3 Å². The largest absolute Gasteiger partial charge is 0.478 e. The van der Waals surface area contributed by atoms with Gasteiger partial charge in [-0.1, -0.05) is 41.9 Å². The summed E-state index contributed by atoms with van der Waals surface area (Å²) in [6.07, 6.45) is 1.39. The monoisotopic (exact) mass is 587 g/mol. The van der Waals surface area contributed by atoms with Gasteiger partial charge in [-0.05, 0) is 29.7 Å². The predicted molar refractivity (Wildman–Crippen MR) is 150 cm³/mol. The number of piperazine rings is 1. The Morgan fingerprint density at radius 2 is 2.00 bits per heavy atom. The summed E-state index contributed by atoms with van der Waals surface area (Å²) in [7, 11) is -3.88. The summed E-state index contributed by atoms with van der Waals surface area (Å²) in [6, 6.07) is 13.8. The molecule has 1 aliphatic heterocycles. The number of sulfonamides is 1. The Labute approximate surface area is 232 Å². The van der Waals surface area contributed by atoms with Gasteiger partial charge in [0.15, 0.2) is 0 Å². The molecule has 2 aromatic heterocycles. The van der Waals surface area contributed by atoms with Gasteiger partial charge in [0, 0.05) is 38.6 Å². The number of hydrogen-bond acceptors (Lipinski definition) is 7. The molecule has 3 heterocycles. The van der Waals surface area contributed by atoms with E-state index in [0.717, 1.165) is 10.1 Å². The van der Waals surface area contributed by atoms with Crippen LogP contribution in [0.4, 0.5) is 0 Å². The highest BCUT2D eigenvalue weighted by atomic mass is 35.5. The lowest BCUT2D eigenvalue weighted by molar-refractivity contribution is -0.134. The molecule has 1 amide bonds. The lowest BCUT2D eigenvalue weighted by atomic mass is 10.1. The lowest BCUT2D eigenvalue weighted by Gasteiger charge is -2.34. The molecule has 1 atom stereocenters. The predicted octanol–water partition coefficient (Wildman–Crippen LogP) is 5.28. The molecule has 5 rings (SSSR count). The van der Waals surface area contributed by atoms with Crippen molar-refractivity contribution in [1.82, 2.24) is 14.2 Å². The number of aromatic carboxylic acids is 1. The number of benzene rings is 2. The molecule has 196 valence electrons. The van der Waals surface area contributed by atoms with Gasteiger partial charge in [-0.3, -0.25) is 4.79 Å². The number of fused-ring (bicyclic) bond motifs is 1. The third-order valence-electron chi connectivity index (χ3n) is 6.27. The van der Waals surface area contributed by atoms with Gasteiger partial charge in [-0.25, -0.2) is 18.2 Å². The third kappa shape index (κ3) is 5.12. The molecular weight excluding hydrogens is 566 g/mol. The van der Waals surface area contributed by atoms with Crippen molar-refractivity contribution < 1.29 is 23.1 Å². The molecule has 2 aromatic carbocycles. The van der Waals surface area contributed by atoms with Gasteiger partial charge in [-0.15, -0.1) is 29.3 Å². The van der Waals surface area contributed by atoms with Crippen molar-refractivity contribution in [2.45, 2.75) is 11.8 Å². The van der Waals surface area contributed by atoms with Crippen LogP contribution in [-0.2, 0) is 21.4 Å². The van der Waals surface area contributed by atoms with E-state index in [9.17, 15) is 23.1 Å². The molecule has 12 heteroatoms. The van der Waals surface area contributed by atoms with E-state index in [1.165, 1.54) is 39.1 Å². The molecule has 1 aliphatic rings. The van der Waals surface area contributed by atoms with Crippen LogP contribution in [-0.4, -0.2) is 59.2 Å². The Bertz CT molecular complexity index is 1660. The van der Waals surface area contributed by atoms with Crippen LogP contribution in [0.3, 0.4) is 0 Å². The van der Waals surface area contributed by atoms with E-state index in [-0.39, 0.29) is 37.6 Å². The number of halogens is 1. The van der Waals surface area contributed by atoms with Crippen LogP contribution in [0.15, 0.2) is 66.6 Å². The second-order valence-electron chi connectivity index (χ2n) is 8.66. The summed E-state index contributed by atoms with van der Waals surface area (Å²) in [5.74, 6) is -1.37. The molecule has 1 fully saturated rings. The number of thiophene rings is 1.